The fourth-order valence-electron chi connectivity index (χ4n) is 4.86. The first-order valence-corrected chi connectivity index (χ1v) is 13.0. The van der Waals surface area contributed by atoms with Gasteiger partial charge in [0.2, 0.25) is 0 Å². The third-order valence-corrected chi connectivity index (χ3v) is 7.08. The van der Waals surface area contributed by atoms with Crippen LogP contribution in [-0.2, 0) is 12.0 Å². The van der Waals surface area contributed by atoms with Crippen LogP contribution in [-0.4, -0.2) is 96.2 Å². The summed E-state index contributed by atoms with van der Waals surface area (Å²) in [5.41, 5.74) is 5.28. The van der Waals surface area contributed by atoms with E-state index in [0.29, 0.717) is 6.54 Å². The maximum absolute atomic E-state index is 12.1. The molecule has 1 aliphatic rings. The zero-order chi connectivity index (χ0) is 27.2. The Labute approximate surface area is 227 Å². The largest absolute Gasteiger partial charge is 0.497 e. The van der Waals surface area contributed by atoms with Gasteiger partial charge in [0.15, 0.2) is 0 Å². The van der Waals surface area contributed by atoms with Crippen molar-refractivity contribution in [3.05, 3.63) is 55.0 Å². The Hall–Kier alpha value is -3.80. The molecular weight excluding hydrogens is 501 g/mol. The van der Waals surface area contributed by atoms with Crippen molar-refractivity contribution in [1.29, 1.82) is 0 Å². The summed E-state index contributed by atoms with van der Waals surface area (Å²) in [6, 6.07) is 12.0. The number of ether oxygens (including phenoxy) is 2. The molecule has 0 saturated carbocycles. The van der Waals surface area contributed by atoms with E-state index in [1.165, 1.54) is 0 Å². The lowest BCUT2D eigenvalue weighted by molar-refractivity contribution is -0.137. The summed E-state index contributed by atoms with van der Waals surface area (Å²) in [7, 11) is 5.19. The Kier molecular flexibility index (Phi) is 8.50. The second-order valence-corrected chi connectivity index (χ2v) is 9.55. The summed E-state index contributed by atoms with van der Waals surface area (Å²) in [6.07, 6.45) is 5.50. The first-order chi connectivity index (χ1) is 19.1. The maximum atomic E-state index is 12.1. The normalized spacial score (nSPS) is 14.6. The van der Waals surface area contributed by atoms with E-state index in [-0.39, 0.29) is 6.61 Å². The Balaban J connectivity index is 1.43. The van der Waals surface area contributed by atoms with Crippen molar-refractivity contribution in [2.45, 2.75) is 0 Å². The highest BCUT2D eigenvalue weighted by molar-refractivity contribution is 5.82. The van der Waals surface area contributed by atoms with Crippen molar-refractivity contribution >= 4 is 22.4 Å². The van der Waals surface area contributed by atoms with Gasteiger partial charge in [0.25, 0.3) is 0 Å². The molecule has 3 heterocycles. The fraction of sp³-hybridized carbons (Fsp3) is 0.393. The molecule has 5 rings (SSSR count). The highest BCUT2D eigenvalue weighted by atomic mass is 19.3. The summed E-state index contributed by atoms with van der Waals surface area (Å²) < 4.78 is 25.0. The van der Waals surface area contributed by atoms with Crippen LogP contribution in [0.1, 0.15) is 0 Å². The van der Waals surface area contributed by atoms with Gasteiger partial charge in [-0.15, -0.1) is 0 Å². The molecule has 0 amide bonds. The van der Waals surface area contributed by atoms with E-state index in [1.54, 1.807) is 31.3 Å². The Morgan fingerprint density at radius 3 is 2.23 bits per heavy atom. The summed E-state index contributed by atoms with van der Waals surface area (Å²) in [4.78, 5) is 20.2. The van der Waals surface area contributed by atoms with Gasteiger partial charge in [0.05, 0.1) is 43.3 Å². The van der Waals surface area contributed by atoms with Gasteiger partial charge in [0.1, 0.15) is 18.1 Å². The molecule has 206 valence electrons. The standard InChI is InChI=1S/C28H34FN7O3/c1-33-20-21(18-31-33)28-19-30-26-5-4-22(16-27(26)32-28)36(23-14-24(37-2)17-25(15-23)38-3)11-10-34-6-8-35(9-7-34)12-13-39-29/h4-5,14-20H,6-13H2,1-3H3. The van der Waals surface area contributed by atoms with Gasteiger partial charge in [-0.2, -0.15) is 10.0 Å². The molecule has 1 saturated heterocycles. The molecule has 0 radical (unpaired) electrons. The Bertz CT molecular complexity index is 1370. The summed E-state index contributed by atoms with van der Waals surface area (Å²) >= 11 is 0. The number of anilines is 2. The minimum Gasteiger partial charge on any atom is -0.497 e. The fourth-order valence-corrected chi connectivity index (χ4v) is 4.86. The first kappa shape index (κ1) is 26.8. The van der Waals surface area contributed by atoms with E-state index in [9.17, 15) is 4.53 Å². The molecule has 0 N–H and O–H groups in total. The number of piperazine rings is 1. The number of methoxy groups -OCH3 is 2. The van der Waals surface area contributed by atoms with Gasteiger partial charge < -0.3 is 14.4 Å². The minimum atomic E-state index is 0.110. The predicted molar refractivity (Wildman–Crippen MR) is 148 cm³/mol. The van der Waals surface area contributed by atoms with E-state index in [4.69, 9.17) is 14.5 Å². The van der Waals surface area contributed by atoms with Crippen molar-refractivity contribution in [2.24, 2.45) is 7.05 Å². The molecule has 4 aromatic rings. The van der Waals surface area contributed by atoms with Crippen molar-refractivity contribution in [3.8, 4) is 22.8 Å². The monoisotopic (exact) mass is 535 g/mol. The van der Waals surface area contributed by atoms with Crippen LogP contribution in [0.25, 0.3) is 22.3 Å². The second-order valence-electron chi connectivity index (χ2n) is 9.55. The molecular formula is C28H34FN7O3. The van der Waals surface area contributed by atoms with E-state index in [0.717, 1.165) is 84.4 Å². The van der Waals surface area contributed by atoms with Crippen LogP contribution in [0.15, 0.2) is 55.0 Å². The molecule has 1 fully saturated rings. The average Bonchev–Trinajstić information content (AvgIpc) is 3.42. The van der Waals surface area contributed by atoms with Gasteiger partial charge in [0, 0.05) is 94.2 Å². The number of hydrogen-bond acceptors (Lipinski definition) is 9. The summed E-state index contributed by atoms with van der Waals surface area (Å²) in [6.45, 7) is 5.92. The lowest BCUT2D eigenvalue weighted by Gasteiger charge is -2.36. The number of aromatic nitrogens is 4. The number of aryl methyl sites for hydroxylation is 1. The van der Waals surface area contributed by atoms with Crippen LogP contribution in [0.2, 0.25) is 0 Å². The van der Waals surface area contributed by atoms with Crippen molar-refractivity contribution in [3.63, 3.8) is 0 Å². The van der Waals surface area contributed by atoms with Crippen LogP contribution in [0, 0.1) is 0 Å². The van der Waals surface area contributed by atoms with E-state index in [1.807, 2.05) is 37.5 Å². The molecule has 0 aliphatic carbocycles. The first-order valence-electron chi connectivity index (χ1n) is 13.0. The molecule has 0 unspecified atom stereocenters. The summed E-state index contributed by atoms with van der Waals surface area (Å²) in [5, 5.41) is 4.27. The molecule has 39 heavy (non-hydrogen) atoms. The number of hydrogen-bond donors (Lipinski definition) is 0. The van der Waals surface area contributed by atoms with Crippen molar-refractivity contribution < 1.29 is 18.9 Å². The third-order valence-electron chi connectivity index (χ3n) is 7.08. The van der Waals surface area contributed by atoms with Gasteiger partial charge in [-0.05, 0) is 22.7 Å². The molecule has 1 aliphatic heterocycles. The zero-order valence-corrected chi connectivity index (χ0v) is 22.6. The number of nitrogens with zero attached hydrogens (tertiary/aromatic N) is 7. The van der Waals surface area contributed by atoms with Crippen LogP contribution in [0.4, 0.5) is 15.9 Å². The number of halogens is 1. The number of rotatable bonds is 11. The molecule has 11 heteroatoms. The molecule has 0 atom stereocenters. The van der Waals surface area contributed by atoms with Gasteiger partial charge in [-0.25, -0.2) is 4.98 Å². The van der Waals surface area contributed by atoms with Gasteiger partial charge >= 0.3 is 0 Å². The average molecular weight is 536 g/mol. The highest BCUT2D eigenvalue weighted by Crippen LogP contribution is 2.34. The molecule has 0 spiro atoms. The van der Waals surface area contributed by atoms with Gasteiger partial charge in [-0.3, -0.25) is 19.5 Å². The quantitative estimate of drug-likeness (QED) is 0.286. The smallest absolute Gasteiger partial charge is 0.124 e. The van der Waals surface area contributed by atoms with Crippen molar-refractivity contribution in [2.75, 3.05) is 71.5 Å². The molecule has 10 nitrogen and oxygen atoms in total. The highest BCUT2D eigenvalue weighted by Gasteiger charge is 2.20. The Morgan fingerprint density at radius 1 is 0.872 bits per heavy atom. The van der Waals surface area contributed by atoms with E-state index >= 15 is 0 Å². The van der Waals surface area contributed by atoms with Crippen molar-refractivity contribution in [1.82, 2.24) is 29.5 Å². The number of benzene rings is 2. The lowest BCUT2D eigenvalue weighted by atomic mass is 10.2. The molecule has 2 aromatic carbocycles. The predicted octanol–water partition coefficient (Wildman–Crippen LogP) is 3.70. The topological polar surface area (TPSA) is 81.0 Å². The van der Waals surface area contributed by atoms with Crippen LogP contribution >= 0.6 is 0 Å². The SMILES string of the molecule is COc1cc(OC)cc(N(CCN2CCN(CCOF)CC2)c2ccc3ncc(-c4cnn(C)c4)nc3c2)c1. The molecule has 0 bridgehead atoms. The molecule has 2 aromatic heterocycles. The van der Waals surface area contributed by atoms with Crippen LogP contribution < -0.4 is 14.4 Å². The van der Waals surface area contributed by atoms with Crippen LogP contribution in [0.3, 0.4) is 0 Å². The summed E-state index contributed by atoms with van der Waals surface area (Å²) in [5.74, 6) is 1.44. The van der Waals surface area contributed by atoms with E-state index < -0.39 is 0 Å². The van der Waals surface area contributed by atoms with Crippen LogP contribution in [0.5, 0.6) is 11.5 Å². The van der Waals surface area contributed by atoms with Gasteiger partial charge in [-0.1, -0.05) is 0 Å². The Morgan fingerprint density at radius 2 is 1.59 bits per heavy atom. The zero-order valence-electron chi connectivity index (χ0n) is 22.6. The number of fused-ring (bicyclic) bond motifs is 1. The minimum absolute atomic E-state index is 0.110. The van der Waals surface area contributed by atoms with E-state index in [2.05, 4.69) is 41.9 Å². The maximum Gasteiger partial charge on any atom is 0.124 e. The second kappa shape index (κ2) is 12.4. The lowest BCUT2D eigenvalue weighted by Crippen LogP contribution is -2.48. The third kappa shape index (κ3) is 6.44.